The van der Waals surface area contributed by atoms with Crippen LogP contribution in [0, 0.1) is 0 Å². The van der Waals surface area contributed by atoms with Gasteiger partial charge >= 0.3 is 0 Å². The van der Waals surface area contributed by atoms with Gasteiger partial charge in [0, 0.05) is 0 Å². The summed E-state index contributed by atoms with van der Waals surface area (Å²) in [5, 5.41) is 0. The molecule has 0 saturated carbocycles. The lowest BCUT2D eigenvalue weighted by Gasteiger charge is -1.85. The summed E-state index contributed by atoms with van der Waals surface area (Å²) in [6.07, 6.45) is 6.96. The SMILES string of the molecule is C=CC(C)=CCC=C=C(C)C. The Bertz CT molecular complexity index is 206. The summed E-state index contributed by atoms with van der Waals surface area (Å²) in [6, 6.07) is 0. The van der Waals surface area contributed by atoms with Crippen LogP contribution >= 0.6 is 0 Å². The van der Waals surface area contributed by atoms with E-state index >= 15 is 0 Å². The first-order valence-electron chi connectivity index (χ1n) is 3.84. The maximum Gasteiger partial charge on any atom is -0.00872 e. The zero-order valence-electron chi connectivity index (χ0n) is 7.65. The van der Waals surface area contributed by atoms with Gasteiger partial charge in [-0.15, -0.1) is 5.73 Å². The lowest BCUT2D eigenvalue weighted by Crippen LogP contribution is -1.65. The van der Waals surface area contributed by atoms with Crippen LogP contribution < -0.4 is 0 Å². The van der Waals surface area contributed by atoms with Crippen molar-refractivity contribution in [3.63, 3.8) is 0 Å². The van der Waals surface area contributed by atoms with Crippen molar-refractivity contribution in [2.75, 3.05) is 0 Å². The van der Waals surface area contributed by atoms with Crippen LogP contribution in [0.1, 0.15) is 27.2 Å². The van der Waals surface area contributed by atoms with E-state index in [1.807, 2.05) is 32.9 Å². The molecule has 0 amide bonds. The maximum absolute atomic E-state index is 3.67. The van der Waals surface area contributed by atoms with E-state index < -0.39 is 0 Å². The fourth-order valence-corrected chi connectivity index (χ4v) is 0.591. The monoisotopic (exact) mass is 148 g/mol. The van der Waals surface area contributed by atoms with Crippen LogP contribution in [0.5, 0.6) is 0 Å². The molecule has 0 heterocycles. The van der Waals surface area contributed by atoms with Crippen molar-refractivity contribution >= 4 is 0 Å². The van der Waals surface area contributed by atoms with Crippen molar-refractivity contribution in [2.45, 2.75) is 27.2 Å². The van der Waals surface area contributed by atoms with E-state index in [4.69, 9.17) is 0 Å². The Morgan fingerprint density at radius 3 is 2.45 bits per heavy atom. The highest BCUT2D eigenvalue weighted by molar-refractivity contribution is 5.14. The van der Waals surface area contributed by atoms with Crippen molar-refractivity contribution < 1.29 is 0 Å². The molecule has 0 nitrogen and oxygen atoms in total. The van der Waals surface area contributed by atoms with Crippen LogP contribution in [-0.4, -0.2) is 0 Å². The number of hydrogen-bond donors (Lipinski definition) is 0. The number of rotatable bonds is 3. The number of allylic oxidation sites excluding steroid dienone is 4. The third-order valence-corrected chi connectivity index (χ3v) is 1.27. The van der Waals surface area contributed by atoms with Gasteiger partial charge in [-0.05, 0) is 38.8 Å². The summed E-state index contributed by atoms with van der Waals surface area (Å²) in [6.45, 7) is 9.80. The second-order valence-corrected chi connectivity index (χ2v) is 2.74. The Morgan fingerprint density at radius 2 is 2.00 bits per heavy atom. The largest absolute Gasteiger partial charge is 0.126 e. The first-order chi connectivity index (χ1) is 5.16. The average molecular weight is 148 g/mol. The van der Waals surface area contributed by atoms with Crippen LogP contribution in [0.25, 0.3) is 0 Å². The Kier molecular flexibility index (Phi) is 5.24. The maximum atomic E-state index is 3.67. The fraction of sp³-hybridized carbons (Fsp3) is 0.364. The van der Waals surface area contributed by atoms with Gasteiger partial charge in [-0.1, -0.05) is 24.3 Å². The highest BCUT2D eigenvalue weighted by Crippen LogP contribution is 1.96. The summed E-state index contributed by atoms with van der Waals surface area (Å²) in [4.78, 5) is 0. The minimum atomic E-state index is 0.947. The molecule has 0 bridgehead atoms. The van der Waals surface area contributed by atoms with Gasteiger partial charge in [0.25, 0.3) is 0 Å². The normalized spacial score (nSPS) is 10.3. The molecule has 0 aromatic heterocycles. The van der Waals surface area contributed by atoms with Gasteiger partial charge in [0.05, 0.1) is 0 Å². The second kappa shape index (κ2) is 5.76. The molecule has 0 aliphatic heterocycles. The molecule has 0 aliphatic carbocycles. The molecule has 0 aliphatic rings. The van der Waals surface area contributed by atoms with Crippen LogP contribution in [0.3, 0.4) is 0 Å². The van der Waals surface area contributed by atoms with Gasteiger partial charge in [0.1, 0.15) is 0 Å². The number of hydrogen-bond acceptors (Lipinski definition) is 0. The highest BCUT2D eigenvalue weighted by Gasteiger charge is 1.75. The molecule has 0 fully saturated rings. The summed E-state index contributed by atoms with van der Waals surface area (Å²) in [5.74, 6) is 0. The Morgan fingerprint density at radius 1 is 1.36 bits per heavy atom. The van der Waals surface area contributed by atoms with E-state index in [1.165, 1.54) is 11.1 Å². The second-order valence-electron chi connectivity index (χ2n) is 2.74. The van der Waals surface area contributed by atoms with E-state index in [9.17, 15) is 0 Å². The average Bonchev–Trinajstić information content (AvgIpc) is 1.97. The van der Waals surface area contributed by atoms with Crippen molar-refractivity contribution in [1.82, 2.24) is 0 Å². The first kappa shape index (κ1) is 10.0. The van der Waals surface area contributed by atoms with Crippen LogP contribution in [0.2, 0.25) is 0 Å². The smallest absolute Gasteiger partial charge is 0.00872 e. The molecular formula is C11H16. The van der Waals surface area contributed by atoms with Crippen molar-refractivity contribution in [2.24, 2.45) is 0 Å². The van der Waals surface area contributed by atoms with Gasteiger partial charge in [-0.25, -0.2) is 0 Å². The van der Waals surface area contributed by atoms with Crippen LogP contribution in [0.15, 0.2) is 41.7 Å². The van der Waals surface area contributed by atoms with E-state index in [1.54, 1.807) is 0 Å². The van der Waals surface area contributed by atoms with E-state index in [0.29, 0.717) is 0 Å². The lowest BCUT2D eigenvalue weighted by molar-refractivity contribution is 1.32. The van der Waals surface area contributed by atoms with E-state index in [0.717, 1.165) is 6.42 Å². The third-order valence-electron chi connectivity index (χ3n) is 1.27. The fourth-order valence-electron chi connectivity index (χ4n) is 0.591. The van der Waals surface area contributed by atoms with Crippen molar-refractivity contribution in [3.8, 4) is 0 Å². The molecule has 0 heteroatoms. The van der Waals surface area contributed by atoms with Gasteiger partial charge < -0.3 is 0 Å². The molecule has 0 radical (unpaired) electrons. The molecule has 0 aromatic rings. The molecule has 0 N–H and O–H groups in total. The summed E-state index contributed by atoms with van der Waals surface area (Å²) in [7, 11) is 0. The van der Waals surface area contributed by atoms with Gasteiger partial charge in [0.2, 0.25) is 0 Å². The lowest BCUT2D eigenvalue weighted by atomic mass is 10.2. The Hall–Kier alpha value is -1.00. The molecule has 0 unspecified atom stereocenters. The summed E-state index contributed by atoms with van der Waals surface area (Å²) >= 11 is 0. The molecule has 11 heavy (non-hydrogen) atoms. The molecule has 0 rings (SSSR count). The van der Waals surface area contributed by atoms with Crippen molar-refractivity contribution in [3.05, 3.63) is 41.7 Å². The minimum Gasteiger partial charge on any atom is -0.126 e. The molecular weight excluding hydrogens is 132 g/mol. The quantitative estimate of drug-likeness (QED) is 0.423. The zero-order valence-corrected chi connectivity index (χ0v) is 7.65. The first-order valence-corrected chi connectivity index (χ1v) is 3.84. The summed E-state index contributed by atoms with van der Waals surface area (Å²) in [5.41, 5.74) is 5.57. The third kappa shape index (κ3) is 6.89. The predicted molar refractivity (Wildman–Crippen MR) is 51.5 cm³/mol. The predicted octanol–water partition coefficient (Wildman–Crippen LogP) is 3.63. The summed E-state index contributed by atoms with van der Waals surface area (Å²) < 4.78 is 0. The van der Waals surface area contributed by atoms with Crippen LogP contribution in [-0.2, 0) is 0 Å². The van der Waals surface area contributed by atoms with E-state index in [-0.39, 0.29) is 0 Å². The minimum absolute atomic E-state index is 0.947. The van der Waals surface area contributed by atoms with Crippen LogP contribution in [0.4, 0.5) is 0 Å². The topological polar surface area (TPSA) is 0 Å². The van der Waals surface area contributed by atoms with E-state index in [2.05, 4.69) is 18.4 Å². The van der Waals surface area contributed by atoms with Gasteiger partial charge in [0.15, 0.2) is 0 Å². The van der Waals surface area contributed by atoms with Gasteiger partial charge in [-0.3, -0.25) is 0 Å². The van der Waals surface area contributed by atoms with Crippen molar-refractivity contribution in [1.29, 1.82) is 0 Å². The van der Waals surface area contributed by atoms with Gasteiger partial charge in [-0.2, -0.15) is 0 Å². The highest BCUT2D eigenvalue weighted by atomic mass is 13.8. The Balaban J connectivity index is 3.92. The molecule has 0 spiro atoms. The Labute approximate surface area is 69.6 Å². The molecule has 60 valence electrons. The molecule has 0 saturated heterocycles. The standard InChI is InChI=1S/C11H16/c1-5-11(4)9-7-6-8-10(2)3/h5-6,9H,1,7H2,2-4H3. The zero-order chi connectivity index (χ0) is 8.69. The molecule has 0 aromatic carbocycles. The molecule has 0 atom stereocenters.